The number of nitrogens with zero attached hydrogens (tertiary/aromatic N) is 3. The van der Waals surface area contributed by atoms with Crippen molar-refractivity contribution in [1.29, 1.82) is 0 Å². The van der Waals surface area contributed by atoms with Gasteiger partial charge >= 0.3 is 0 Å². The highest BCUT2D eigenvalue weighted by Gasteiger charge is 2.15. The Morgan fingerprint density at radius 3 is 2.67 bits per heavy atom. The number of para-hydroxylation sites is 1. The van der Waals surface area contributed by atoms with E-state index in [1.165, 1.54) is 5.69 Å². The zero-order valence-electron chi connectivity index (χ0n) is 11.0. The van der Waals surface area contributed by atoms with E-state index in [0.29, 0.717) is 0 Å². The Morgan fingerprint density at radius 1 is 1.11 bits per heavy atom. The Labute approximate surface area is 106 Å². The maximum Gasteiger partial charge on any atom is 0.147 e. The topological polar surface area (TPSA) is 30.2 Å². The molecule has 0 saturated heterocycles. The summed E-state index contributed by atoms with van der Waals surface area (Å²) in [6.07, 6.45) is 4.84. The average Bonchev–Trinajstić information content (AvgIpc) is 2.71. The summed E-state index contributed by atoms with van der Waals surface area (Å²) in [5.41, 5.74) is 3.47. The van der Waals surface area contributed by atoms with Crippen LogP contribution in [0, 0.1) is 5.41 Å². The molecule has 0 spiro atoms. The van der Waals surface area contributed by atoms with E-state index in [9.17, 15) is 0 Å². The van der Waals surface area contributed by atoms with Gasteiger partial charge in [0.1, 0.15) is 12.0 Å². The van der Waals surface area contributed by atoms with Crippen LogP contribution in [0.2, 0.25) is 0 Å². The highest BCUT2D eigenvalue weighted by Crippen LogP contribution is 2.23. The van der Waals surface area contributed by atoms with Crippen molar-refractivity contribution in [2.75, 3.05) is 0 Å². The molecule has 0 saturated carbocycles. The van der Waals surface area contributed by atoms with Gasteiger partial charge in [0.25, 0.3) is 0 Å². The summed E-state index contributed by atoms with van der Waals surface area (Å²) in [6.45, 7) is 6.71. The molecule has 3 rings (SSSR count). The van der Waals surface area contributed by atoms with E-state index < -0.39 is 0 Å². The Bertz CT molecular complexity index is 704. The van der Waals surface area contributed by atoms with Crippen molar-refractivity contribution < 1.29 is 0 Å². The number of imidazole rings is 1. The number of aromatic nitrogens is 3. The predicted octanol–water partition coefficient (Wildman–Crippen LogP) is 3.47. The molecule has 0 unspecified atom stereocenters. The van der Waals surface area contributed by atoms with Crippen molar-refractivity contribution in [2.24, 2.45) is 5.41 Å². The van der Waals surface area contributed by atoms with Crippen molar-refractivity contribution in [3.63, 3.8) is 0 Å². The van der Waals surface area contributed by atoms with Gasteiger partial charge in [-0.1, -0.05) is 32.9 Å². The van der Waals surface area contributed by atoms with Crippen LogP contribution in [-0.2, 0) is 6.42 Å². The first kappa shape index (κ1) is 11.2. The van der Waals surface area contributed by atoms with Crippen molar-refractivity contribution in [1.82, 2.24) is 14.4 Å². The summed E-state index contributed by atoms with van der Waals surface area (Å²) in [5.74, 6) is 0. The van der Waals surface area contributed by atoms with E-state index in [4.69, 9.17) is 0 Å². The van der Waals surface area contributed by atoms with Crippen LogP contribution < -0.4 is 0 Å². The van der Waals surface area contributed by atoms with Crippen molar-refractivity contribution >= 4 is 16.6 Å². The number of fused-ring (bicyclic) bond motifs is 3. The molecule has 0 aliphatic heterocycles. The lowest BCUT2D eigenvalue weighted by Gasteiger charge is -2.17. The van der Waals surface area contributed by atoms with Gasteiger partial charge in [-0.3, -0.25) is 4.40 Å². The lowest BCUT2D eigenvalue weighted by atomic mass is 9.91. The number of rotatable bonds is 1. The van der Waals surface area contributed by atoms with Gasteiger partial charge in [0.05, 0.1) is 5.52 Å². The zero-order valence-corrected chi connectivity index (χ0v) is 11.0. The number of benzene rings is 1. The summed E-state index contributed by atoms with van der Waals surface area (Å²) < 4.78 is 2.10. The Kier molecular flexibility index (Phi) is 2.37. The maximum atomic E-state index is 4.55. The average molecular weight is 239 g/mol. The second-order valence-corrected chi connectivity index (χ2v) is 5.94. The summed E-state index contributed by atoms with van der Waals surface area (Å²) in [5, 5.41) is 1.11. The molecule has 0 fully saturated rings. The maximum absolute atomic E-state index is 4.55. The molecule has 2 heterocycles. The highest BCUT2D eigenvalue weighted by atomic mass is 15.0. The van der Waals surface area contributed by atoms with Crippen LogP contribution >= 0.6 is 0 Å². The summed E-state index contributed by atoms with van der Waals surface area (Å²) in [7, 11) is 0. The van der Waals surface area contributed by atoms with Crippen LogP contribution in [0.5, 0.6) is 0 Å². The fourth-order valence-corrected chi connectivity index (χ4v) is 2.29. The molecule has 0 atom stereocenters. The lowest BCUT2D eigenvalue weighted by molar-refractivity contribution is 0.405. The fourth-order valence-electron chi connectivity index (χ4n) is 2.29. The van der Waals surface area contributed by atoms with Gasteiger partial charge in [-0.15, -0.1) is 0 Å². The molecule has 0 N–H and O–H groups in total. The molecular weight excluding hydrogens is 222 g/mol. The zero-order chi connectivity index (χ0) is 12.8. The van der Waals surface area contributed by atoms with E-state index in [0.717, 1.165) is 23.0 Å². The van der Waals surface area contributed by atoms with Gasteiger partial charge in [-0.25, -0.2) is 9.97 Å². The van der Waals surface area contributed by atoms with Crippen molar-refractivity contribution in [2.45, 2.75) is 27.2 Å². The van der Waals surface area contributed by atoms with Crippen LogP contribution in [0.1, 0.15) is 26.5 Å². The number of hydrogen-bond donors (Lipinski definition) is 0. The van der Waals surface area contributed by atoms with Crippen LogP contribution in [-0.4, -0.2) is 14.4 Å². The molecule has 92 valence electrons. The van der Waals surface area contributed by atoms with Gasteiger partial charge in [0.15, 0.2) is 0 Å². The van der Waals surface area contributed by atoms with E-state index >= 15 is 0 Å². The third-order valence-corrected chi connectivity index (χ3v) is 3.04. The predicted molar refractivity (Wildman–Crippen MR) is 73.7 cm³/mol. The first-order chi connectivity index (χ1) is 8.54. The van der Waals surface area contributed by atoms with Gasteiger partial charge < -0.3 is 0 Å². The monoisotopic (exact) mass is 239 g/mol. The van der Waals surface area contributed by atoms with Crippen LogP contribution in [0.25, 0.3) is 16.6 Å². The van der Waals surface area contributed by atoms with E-state index in [-0.39, 0.29) is 5.41 Å². The molecule has 3 nitrogen and oxygen atoms in total. The quantitative estimate of drug-likeness (QED) is 0.651. The second-order valence-electron chi connectivity index (χ2n) is 5.94. The SMILES string of the molecule is CC(C)(C)Cc1cnc2c3ccccc3ncn12. The molecule has 0 amide bonds. The van der Waals surface area contributed by atoms with Gasteiger partial charge in [-0.05, 0) is 24.0 Å². The Balaban J connectivity index is 2.23. The third-order valence-electron chi connectivity index (χ3n) is 3.04. The van der Waals surface area contributed by atoms with Crippen molar-refractivity contribution in [3.8, 4) is 0 Å². The molecule has 18 heavy (non-hydrogen) atoms. The van der Waals surface area contributed by atoms with Crippen LogP contribution in [0.4, 0.5) is 0 Å². The van der Waals surface area contributed by atoms with Crippen molar-refractivity contribution in [3.05, 3.63) is 42.5 Å². The fraction of sp³-hybridized carbons (Fsp3) is 0.333. The summed E-state index contributed by atoms with van der Waals surface area (Å²) >= 11 is 0. The molecule has 3 aromatic rings. The van der Waals surface area contributed by atoms with E-state index in [1.54, 1.807) is 0 Å². The standard InChI is InChI=1S/C15H17N3/c1-15(2,3)8-11-9-16-14-12-6-4-5-7-13(12)17-10-18(11)14/h4-7,9-10H,8H2,1-3H3. The molecule has 0 bridgehead atoms. The van der Waals surface area contributed by atoms with Gasteiger partial charge in [-0.2, -0.15) is 0 Å². The smallest absolute Gasteiger partial charge is 0.147 e. The Morgan fingerprint density at radius 2 is 1.89 bits per heavy atom. The largest absolute Gasteiger partial charge is 0.287 e. The number of hydrogen-bond acceptors (Lipinski definition) is 2. The molecule has 0 aliphatic rings. The van der Waals surface area contributed by atoms with E-state index in [1.807, 2.05) is 30.7 Å². The molecular formula is C15H17N3. The molecule has 3 heteroatoms. The second kappa shape index (κ2) is 3.80. The Hall–Kier alpha value is -1.90. The summed E-state index contributed by atoms with van der Waals surface area (Å²) in [6, 6.07) is 8.13. The first-order valence-electron chi connectivity index (χ1n) is 6.24. The minimum Gasteiger partial charge on any atom is -0.287 e. The minimum atomic E-state index is 0.252. The lowest BCUT2D eigenvalue weighted by Crippen LogP contribution is -2.11. The first-order valence-corrected chi connectivity index (χ1v) is 6.24. The van der Waals surface area contributed by atoms with Crippen LogP contribution in [0.15, 0.2) is 36.8 Å². The molecule has 1 aromatic carbocycles. The van der Waals surface area contributed by atoms with Crippen LogP contribution in [0.3, 0.4) is 0 Å². The van der Waals surface area contributed by atoms with E-state index in [2.05, 4.69) is 41.2 Å². The molecule has 0 aliphatic carbocycles. The summed E-state index contributed by atoms with van der Waals surface area (Å²) in [4.78, 5) is 9.05. The molecule has 0 radical (unpaired) electrons. The normalized spacial score (nSPS) is 12.4. The minimum absolute atomic E-state index is 0.252. The third kappa shape index (κ3) is 1.86. The van der Waals surface area contributed by atoms with Gasteiger partial charge in [0, 0.05) is 17.3 Å². The molecule has 2 aromatic heterocycles. The van der Waals surface area contributed by atoms with Gasteiger partial charge in [0.2, 0.25) is 0 Å². The highest BCUT2D eigenvalue weighted by molar-refractivity contribution is 5.91.